The van der Waals surface area contributed by atoms with Crippen LogP contribution in [0.3, 0.4) is 0 Å². The van der Waals surface area contributed by atoms with E-state index in [1.54, 1.807) is 0 Å². The Morgan fingerprint density at radius 3 is 2.33 bits per heavy atom. The van der Waals surface area contributed by atoms with Gasteiger partial charge in [-0.1, -0.05) is 0 Å². The minimum atomic E-state index is -4.55. The van der Waals surface area contributed by atoms with Crippen molar-refractivity contribution in [1.29, 1.82) is 0 Å². The lowest BCUT2D eigenvalue weighted by molar-refractivity contribution is -0.137. The minimum Gasteiger partial charge on any atom is -0.397 e. The van der Waals surface area contributed by atoms with E-state index >= 15 is 0 Å². The zero-order valence-corrected chi connectivity index (χ0v) is 11.4. The molecule has 1 saturated heterocycles. The van der Waals surface area contributed by atoms with E-state index in [0.717, 1.165) is 17.0 Å². The molecular weight excluding hydrogens is 311 g/mol. The van der Waals surface area contributed by atoms with Crippen molar-refractivity contribution in [3.05, 3.63) is 23.8 Å². The van der Waals surface area contributed by atoms with Crippen molar-refractivity contribution in [1.82, 2.24) is 0 Å². The van der Waals surface area contributed by atoms with E-state index < -0.39 is 32.9 Å². The SMILES string of the molecule is Nc1cc(C(F)(F)F)ccc1N1CC(S(N)(=O)=O)CC1=O. The molecule has 6 nitrogen and oxygen atoms in total. The van der Waals surface area contributed by atoms with Crippen LogP contribution in [0.5, 0.6) is 0 Å². The smallest absolute Gasteiger partial charge is 0.397 e. The summed E-state index contributed by atoms with van der Waals surface area (Å²) in [5.41, 5.74) is 4.38. The number of sulfonamides is 1. The fourth-order valence-electron chi connectivity index (χ4n) is 2.10. The molecule has 0 aliphatic carbocycles. The van der Waals surface area contributed by atoms with Crippen LogP contribution in [0.4, 0.5) is 24.5 Å². The number of rotatable bonds is 2. The monoisotopic (exact) mass is 323 g/mol. The van der Waals surface area contributed by atoms with Crippen molar-refractivity contribution in [3.63, 3.8) is 0 Å². The standard InChI is InChI=1S/C11H12F3N3O3S/c12-11(13,14)6-1-2-9(8(15)3-6)17-5-7(4-10(17)18)21(16,19)20/h1-3,7H,4-5,15H2,(H2,16,19,20). The number of anilines is 2. The summed E-state index contributed by atoms with van der Waals surface area (Å²) in [5.74, 6) is -0.555. The third kappa shape index (κ3) is 3.10. The molecule has 1 aromatic rings. The number of halogens is 3. The quantitative estimate of drug-likeness (QED) is 0.781. The van der Waals surface area contributed by atoms with E-state index in [-0.39, 0.29) is 24.3 Å². The van der Waals surface area contributed by atoms with Gasteiger partial charge in [0.25, 0.3) is 0 Å². The summed E-state index contributed by atoms with van der Waals surface area (Å²) in [6, 6.07) is 2.53. The summed E-state index contributed by atoms with van der Waals surface area (Å²) in [5, 5.41) is 3.88. The molecule has 1 unspecified atom stereocenters. The lowest BCUT2D eigenvalue weighted by Crippen LogP contribution is -2.32. The third-order valence-corrected chi connectivity index (χ3v) is 4.44. The van der Waals surface area contributed by atoms with Crippen LogP contribution in [0, 0.1) is 0 Å². The summed E-state index contributed by atoms with van der Waals surface area (Å²) in [4.78, 5) is 12.8. The van der Waals surface area contributed by atoms with E-state index in [1.807, 2.05) is 0 Å². The molecule has 10 heteroatoms. The first-order valence-electron chi connectivity index (χ1n) is 5.79. The molecule has 1 aromatic carbocycles. The molecule has 1 aliphatic rings. The molecule has 1 atom stereocenters. The van der Waals surface area contributed by atoms with Gasteiger partial charge in [0.2, 0.25) is 15.9 Å². The minimum absolute atomic E-state index is 0.0409. The van der Waals surface area contributed by atoms with Gasteiger partial charge in [-0.2, -0.15) is 13.2 Å². The van der Waals surface area contributed by atoms with Gasteiger partial charge < -0.3 is 10.6 Å². The van der Waals surface area contributed by atoms with Crippen molar-refractivity contribution < 1.29 is 26.4 Å². The summed E-state index contributed by atoms with van der Waals surface area (Å²) >= 11 is 0. The number of hydrogen-bond acceptors (Lipinski definition) is 4. The highest BCUT2D eigenvalue weighted by Crippen LogP contribution is 2.35. The number of hydrogen-bond donors (Lipinski definition) is 2. The van der Waals surface area contributed by atoms with Crippen molar-refractivity contribution >= 4 is 27.3 Å². The van der Waals surface area contributed by atoms with Gasteiger partial charge >= 0.3 is 6.18 Å². The highest BCUT2D eigenvalue weighted by atomic mass is 32.2. The Morgan fingerprint density at radius 2 is 1.90 bits per heavy atom. The molecular formula is C11H12F3N3O3S. The third-order valence-electron chi connectivity index (χ3n) is 3.20. The zero-order valence-electron chi connectivity index (χ0n) is 10.6. The van der Waals surface area contributed by atoms with Crippen molar-refractivity contribution in [2.75, 3.05) is 17.2 Å². The normalized spacial score (nSPS) is 20.1. The summed E-state index contributed by atoms with van der Waals surface area (Å²) in [7, 11) is -3.90. The lowest BCUT2D eigenvalue weighted by atomic mass is 10.1. The van der Waals surface area contributed by atoms with Crippen LogP contribution in [-0.4, -0.2) is 26.1 Å². The lowest BCUT2D eigenvalue weighted by Gasteiger charge is -2.19. The van der Waals surface area contributed by atoms with Crippen LogP contribution in [0.2, 0.25) is 0 Å². The van der Waals surface area contributed by atoms with Crippen molar-refractivity contribution in [3.8, 4) is 0 Å². The number of carbonyl (C=O) groups is 1. The predicted octanol–water partition coefficient (Wildman–Crippen LogP) is 0.681. The molecule has 1 amide bonds. The van der Waals surface area contributed by atoms with Gasteiger partial charge in [-0.15, -0.1) is 0 Å². The van der Waals surface area contributed by atoms with Crippen molar-refractivity contribution in [2.45, 2.75) is 17.8 Å². The summed E-state index contributed by atoms with van der Waals surface area (Å²) < 4.78 is 60.1. The van der Waals surface area contributed by atoms with Gasteiger partial charge in [-0.05, 0) is 18.2 Å². The summed E-state index contributed by atoms with van der Waals surface area (Å²) in [6.45, 7) is -0.229. The molecule has 0 aromatic heterocycles. The average Bonchev–Trinajstić information content (AvgIpc) is 2.70. The van der Waals surface area contributed by atoms with Crippen LogP contribution in [0.15, 0.2) is 18.2 Å². The second-order valence-electron chi connectivity index (χ2n) is 4.69. The highest BCUT2D eigenvalue weighted by molar-refractivity contribution is 7.89. The van der Waals surface area contributed by atoms with Crippen LogP contribution in [0.1, 0.15) is 12.0 Å². The highest BCUT2D eigenvalue weighted by Gasteiger charge is 2.38. The van der Waals surface area contributed by atoms with Crippen LogP contribution in [-0.2, 0) is 21.0 Å². The van der Waals surface area contributed by atoms with Gasteiger partial charge in [0, 0.05) is 13.0 Å². The van der Waals surface area contributed by atoms with Gasteiger partial charge in [0.05, 0.1) is 16.9 Å². The maximum absolute atomic E-state index is 12.5. The average molecular weight is 323 g/mol. The Hall–Kier alpha value is -1.81. The van der Waals surface area contributed by atoms with Gasteiger partial charge in [-0.3, -0.25) is 4.79 Å². The Labute approximate surface area is 118 Å². The molecule has 1 fully saturated rings. The second-order valence-corrected chi connectivity index (χ2v) is 6.54. The molecule has 21 heavy (non-hydrogen) atoms. The van der Waals surface area contributed by atoms with Gasteiger partial charge in [-0.25, -0.2) is 13.6 Å². The van der Waals surface area contributed by atoms with Gasteiger partial charge in [0.1, 0.15) is 5.25 Å². The second kappa shape index (κ2) is 4.88. The fraction of sp³-hybridized carbons (Fsp3) is 0.364. The molecule has 0 bridgehead atoms. The molecule has 0 radical (unpaired) electrons. The molecule has 4 N–H and O–H groups in total. The topological polar surface area (TPSA) is 106 Å². The maximum Gasteiger partial charge on any atom is 0.416 e. The van der Waals surface area contributed by atoms with E-state index in [2.05, 4.69) is 0 Å². The largest absolute Gasteiger partial charge is 0.416 e. The zero-order chi connectivity index (χ0) is 16.0. The maximum atomic E-state index is 12.5. The number of benzene rings is 1. The van der Waals surface area contributed by atoms with E-state index in [9.17, 15) is 26.4 Å². The van der Waals surface area contributed by atoms with E-state index in [4.69, 9.17) is 10.9 Å². The Bertz CT molecular complexity index is 688. The van der Waals surface area contributed by atoms with Crippen LogP contribution < -0.4 is 15.8 Å². The molecule has 1 heterocycles. The number of primary sulfonamides is 1. The summed E-state index contributed by atoms with van der Waals surface area (Å²) in [6.07, 6.45) is -4.87. The number of nitrogen functional groups attached to an aromatic ring is 1. The number of nitrogens with zero attached hydrogens (tertiary/aromatic N) is 1. The fourth-order valence-corrected chi connectivity index (χ4v) is 2.84. The first-order valence-corrected chi connectivity index (χ1v) is 7.40. The molecule has 1 aliphatic heterocycles. The molecule has 0 saturated carbocycles. The van der Waals surface area contributed by atoms with E-state index in [1.165, 1.54) is 0 Å². The van der Waals surface area contributed by atoms with E-state index in [0.29, 0.717) is 6.07 Å². The number of carbonyl (C=O) groups excluding carboxylic acids is 1. The Kier molecular flexibility index (Phi) is 3.62. The number of alkyl halides is 3. The molecule has 2 rings (SSSR count). The Balaban J connectivity index is 2.34. The molecule has 0 spiro atoms. The number of amides is 1. The van der Waals surface area contributed by atoms with Crippen LogP contribution >= 0.6 is 0 Å². The molecule has 116 valence electrons. The number of nitrogens with two attached hydrogens (primary N) is 2. The Morgan fingerprint density at radius 1 is 1.29 bits per heavy atom. The first-order chi connectivity index (χ1) is 9.50. The van der Waals surface area contributed by atoms with Crippen LogP contribution in [0.25, 0.3) is 0 Å². The first kappa shape index (κ1) is 15.6. The van der Waals surface area contributed by atoms with Gasteiger partial charge in [0.15, 0.2) is 0 Å². The predicted molar refractivity (Wildman–Crippen MR) is 69.7 cm³/mol. The van der Waals surface area contributed by atoms with Crippen molar-refractivity contribution in [2.24, 2.45) is 5.14 Å².